The van der Waals surface area contributed by atoms with Crippen LogP contribution >= 0.6 is 0 Å². The van der Waals surface area contributed by atoms with Gasteiger partial charge >= 0.3 is 0 Å². The molecule has 3 aliphatic carbocycles. The molecule has 1 aromatic rings. The highest BCUT2D eigenvalue weighted by atomic mass is 16.5. The van der Waals surface area contributed by atoms with Crippen molar-refractivity contribution in [3.8, 4) is 11.8 Å². The van der Waals surface area contributed by atoms with E-state index in [0.717, 1.165) is 29.6 Å². The lowest BCUT2D eigenvalue weighted by Crippen LogP contribution is -2.40. The van der Waals surface area contributed by atoms with E-state index in [-0.39, 0.29) is 5.41 Å². The Morgan fingerprint density at radius 3 is 2.83 bits per heavy atom. The van der Waals surface area contributed by atoms with Gasteiger partial charge in [0.1, 0.15) is 5.75 Å². The number of hydrogen-bond donors (Lipinski definition) is 0. The summed E-state index contributed by atoms with van der Waals surface area (Å²) in [6, 6.07) is 9.13. The standard InChI is InChI=1S/C22H27NO/c1-14(13-23)20-8-9-21-19-6-4-15-12-16(24-3)5-7-17(15)18(19)10-11-22(20,21)2/h5,7,12,18-19,21H,4,6,8-11H2,1-3H3/b20-14-/t18-,19-,21+,22-/m1/s1. The second-order valence-electron chi connectivity index (χ2n) is 8.19. The number of nitriles is 1. The number of nitrogens with zero attached hydrogens (tertiary/aromatic N) is 1. The van der Waals surface area contributed by atoms with E-state index in [2.05, 4.69) is 31.2 Å². The van der Waals surface area contributed by atoms with Crippen LogP contribution in [0.4, 0.5) is 0 Å². The van der Waals surface area contributed by atoms with Gasteiger partial charge < -0.3 is 4.74 Å². The Balaban J connectivity index is 1.69. The van der Waals surface area contributed by atoms with Gasteiger partial charge in [-0.15, -0.1) is 0 Å². The molecule has 0 radical (unpaired) electrons. The summed E-state index contributed by atoms with van der Waals surface area (Å²) in [5, 5.41) is 9.39. The molecule has 0 bridgehead atoms. The molecule has 24 heavy (non-hydrogen) atoms. The zero-order chi connectivity index (χ0) is 16.9. The van der Waals surface area contributed by atoms with E-state index in [4.69, 9.17) is 4.74 Å². The average Bonchev–Trinajstić information content (AvgIpc) is 2.97. The molecule has 0 heterocycles. The Bertz CT molecular complexity index is 741. The molecule has 0 spiro atoms. The van der Waals surface area contributed by atoms with Crippen molar-refractivity contribution in [1.29, 1.82) is 5.26 Å². The van der Waals surface area contributed by atoms with E-state index < -0.39 is 0 Å². The van der Waals surface area contributed by atoms with Crippen molar-refractivity contribution >= 4 is 0 Å². The molecule has 0 aromatic heterocycles. The summed E-state index contributed by atoms with van der Waals surface area (Å²) < 4.78 is 5.42. The van der Waals surface area contributed by atoms with Crippen LogP contribution in [0.2, 0.25) is 0 Å². The Hall–Kier alpha value is -1.75. The number of hydrogen-bond acceptors (Lipinski definition) is 2. The first-order valence-corrected chi connectivity index (χ1v) is 9.35. The van der Waals surface area contributed by atoms with Gasteiger partial charge in [-0.25, -0.2) is 0 Å². The van der Waals surface area contributed by atoms with E-state index in [1.165, 1.54) is 43.2 Å². The summed E-state index contributed by atoms with van der Waals surface area (Å²) in [5.74, 6) is 3.24. The van der Waals surface area contributed by atoms with E-state index in [1.54, 1.807) is 12.7 Å². The molecule has 2 nitrogen and oxygen atoms in total. The van der Waals surface area contributed by atoms with Crippen molar-refractivity contribution < 1.29 is 4.74 Å². The predicted molar refractivity (Wildman–Crippen MR) is 95.9 cm³/mol. The summed E-state index contributed by atoms with van der Waals surface area (Å²) in [6.07, 6.45) is 7.38. The van der Waals surface area contributed by atoms with Crippen molar-refractivity contribution in [1.82, 2.24) is 0 Å². The maximum atomic E-state index is 9.39. The molecule has 126 valence electrons. The SMILES string of the molecule is COc1ccc2c(c1)CC[C@@H]1[C@@H]2CC[C@]2(C)/C(=C(/C)C#N)CC[C@@H]12. The summed E-state index contributed by atoms with van der Waals surface area (Å²) in [4.78, 5) is 0. The molecule has 4 atom stereocenters. The highest BCUT2D eigenvalue weighted by Gasteiger charge is 2.52. The molecule has 0 saturated heterocycles. The van der Waals surface area contributed by atoms with Crippen LogP contribution in [0.1, 0.15) is 63.0 Å². The van der Waals surface area contributed by atoms with Crippen molar-refractivity contribution in [2.75, 3.05) is 7.11 Å². The topological polar surface area (TPSA) is 33.0 Å². The Morgan fingerprint density at radius 1 is 1.25 bits per heavy atom. The zero-order valence-electron chi connectivity index (χ0n) is 15.1. The van der Waals surface area contributed by atoms with E-state index in [0.29, 0.717) is 5.92 Å². The molecule has 4 rings (SSSR count). The molecular weight excluding hydrogens is 294 g/mol. The number of rotatable bonds is 1. The first-order valence-electron chi connectivity index (χ1n) is 9.35. The van der Waals surface area contributed by atoms with Crippen LogP contribution in [-0.2, 0) is 6.42 Å². The molecule has 0 unspecified atom stereocenters. The lowest BCUT2D eigenvalue weighted by Gasteiger charge is -2.49. The van der Waals surface area contributed by atoms with Gasteiger partial charge in [-0.1, -0.05) is 18.6 Å². The molecular formula is C22H27NO. The maximum Gasteiger partial charge on any atom is 0.119 e. The van der Waals surface area contributed by atoms with E-state index in [1.807, 2.05) is 6.92 Å². The van der Waals surface area contributed by atoms with Crippen LogP contribution in [-0.4, -0.2) is 7.11 Å². The highest BCUT2D eigenvalue weighted by molar-refractivity contribution is 5.42. The molecule has 2 heteroatoms. The minimum atomic E-state index is 0.269. The maximum absolute atomic E-state index is 9.39. The number of aryl methyl sites for hydroxylation is 1. The van der Waals surface area contributed by atoms with Crippen LogP contribution in [0, 0.1) is 28.6 Å². The third-order valence-corrected chi connectivity index (χ3v) is 7.34. The fourth-order valence-corrected chi connectivity index (χ4v) is 6.18. The minimum Gasteiger partial charge on any atom is -0.497 e. The van der Waals surface area contributed by atoms with Crippen LogP contribution in [0.5, 0.6) is 5.75 Å². The quantitative estimate of drug-likeness (QED) is 0.650. The second-order valence-corrected chi connectivity index (χ2v) is 8.19. The number of ether oxygens (including phenoxy) is 1. The average molecular weight is 321 g/mol. The largest absolute Gasteiger partial charge is 0.497 e. The molecule has 2 fully saturated rings. The van der Waals surface area contributed by atoms with E-state index in [9.17, 15) is 5.26 Å². The third-order valence-electron chi connectivity index (χ3n) is 7.34. The summed E-state index contributed by atoms with van der Waals surface area (Å²) in [6.45, 7) is 4.47. The predicted octanol–water partition coefficient (Wildman–Crippen LogP) is 5.39. The smallest absolute Gasteiger partial charge is 0.119 e. The number of allylic oxidation sites excluding steroid dienone is 2. The van der Waals surface area contributed by atoms with Crippen LogP contribution < -0.4 is 4.74 Å². The lowest BCUT2D eigenvalue weighted by molar-refractivity contribution is 0.0810. The van der Waals surface area contributed by atoms with Gasteiger partial charge in [0.15, 0.2) is 0 Å². The van der Waals surface area contributed by atoms with Crippen molar-refractivity contribution in [3.05, 3.63) is 40.5 Å². The summed E-state index contributed by atoms with van der Waals surface area (Å²) in [7, 11) is 1.75. The third kappa shape index (κ3) is 2.14. The molecule has 1 aromatic carbocycles. The first kappa shape index (κ1) is 15.8. The Kier molecular flexibility index (Phi) is 3.71. The van der Waals surface area contributed by atoms with Gasteiger partial charge in [0, 0.05) is 5.57 Å². The summed E-state index contributed by atoms with van der Waals surface area (Å²) in [5.41, 5.74) is 5.79. The van der Waals surface area contributed by atoms with Gasteiger partial charge in [0.05, 0.1) is 13.2 Å². The van der Waals surface area contributed by atoms with Gasteiger partial charge in [0.2, 0.25) is 0 Å². The minimum absolute atomic E-state index is 0.269. The monoisotopic (exact) mass is 321 g/mol. The number of fused-ring (bicyclic) bond motifs is 5. The Labute approximate surface area is 145 Å². The zero-order valence-corrected chi connectivity index (χ0v) is 15.1. The molecule has 2 saturated carbocycles. The van der Waals surface area contributed by atoms with Gasteiger partial charge in [0.25, 0.3) is 0 Å². The normalized spacial score (nSPS) is 36.2. The van der Waals surface area contributed by atoms with E-state index >= 15 is 0 Å². The van der Waals surface area contributed by atoms with Gasteiger partial charge in [-0.2, -0.15) is 5.26 Å². The van der Waals surface area contributed by atoms with Crippen LogP contribution in [0.15, 0.2) is 29.3 Å². The fourth-order valence-electron chi connectivity index (χ4n) is 6.18. The highest BCUT2D eigenvalue weighted by Crippen LogP contribution is 2.63. The number of methoxy groups -OCH3 is 1. The van der Waals surface area contributed by atoms with Crippen molar-refractivity contribution in [3.63, 3.8) is 0 Å². The van der Waals surface area contributed by atoms with Crippen molar-refractivity contribution in [2.24, 2.45) is 17.3 Å². The van der Waals surface area contributed by atoms with Crippen LogP contribution in [0.25, 0.3) is 0 Å². The molecule has 0 aliphatic heterocycles. The molecule has 0 amide bonds. The van der Waals surface area contributed by atoms with Crippen LogP contribution in [0.3, 0.4) is 0 Å². The second kappa shape index (κ2) is 5.66. The summed E-state index contributed by atoms with van der Waals surface area (Å²) >= 11 is 0. The molecule has 0 N–H and O–H groups in total. The van der Waals surface area contributed by atoms with Crippen molar-refractivity contribution in [2.45, 2.75) is 58.3 Å². The first-order chi connectivity index (χ1) is 11.6. The van der Waals surface area contributed by atoms with Gasteiger partial charge in [-0.05, 0) is 91.9 Å². The fraction of sp³-hybridized carbons (Fsp3) is 0.591. The van der Waals surface area contributed by atoms with Gasteiger partial charge in [-0.3, -0.25) is 0 Å². The molecule has 3 aliphatic rings. The Morgan fingerprint density at radius 2 is 2.08 bits per heavy atom. The lowest BCUT2D eigenvalue weighted by atomic mass is 9.55. The number of benzene rings is 1.